The first-order chi connectivity index (χ1) is 10.1. The van der Waals surface area contributed by atoms with Crippen molar-refractivity contribution in [2.45, 2.75) is 18.0 Å². The maximum absolute atomic E-state index is 12.5. The molecule has 1 aromatic heterocycles. The fourth-order valence-corrected chi connectivity index (χ4v) is 2.84. The second-order valence-corrected chi connectivity index (χ2v) is 5.99. The second-order valence-electron chi connectivity index (χ2n) is 3.93. The number of anilines is 1. The molecule has 0 N–H and O–H groups in total. The number of rotatable bonds is 4. The zero-order chi connectivity index (χ0) is 17.1. The molecule has 0 aliphatic carbocycles. The number of hydrogen-bond donors (Lipinski definition) is 0. The lowest BCUT2D eigenvalue weighted by molar-refractivity contribution is -0.170. The summed E-state index contributed by atoms with van der Waals surface area (Å²) in [5.41, 5.74) is -0.122. The third kappa shape index (κ3) is 4.13. The Balaban J connectivity index is 3.36. The SMILES string of the molecule is CCSc1cc(N(C)C(=O)C(F)(F)F)c(Br)nc1C(=O)OC. The van der Waals surface area contributed by atoms with E-state index in [0.717, 1.165) is 7.05 Å². The van der Waals surface area contributed by atoms with E-state index >= 15 is 0 Å². The lowest BCUT2D eigenvalue weighted by atomic mass is 10.3. The number of nitrogens with zero attached hydrogens (tertiary/aromatic N) is 2. The van der Waals surface area contributed by atoms with Crippen molar-refractivity contribution in [2.75, 3.05) is 24.8 Å². The van der Waals surface area contributed by atoms with Crippen molar-refractivity contribution in [1.82, 2.24) is 4.98 Å². The number of ether oxygens (including phenoxy) is 1. The predicted molar refractivity (Wildman–Crippen MR) is 79.1 cm³/mol. The van der Waals surface area contributed by atoms with Crippen LogP contribution in [0.2, 0.25) is 0 Å². The first kappa shape index (κ1) is 18.8. The van der Waals surface area contributed by atoms with Gasteiger partial charge in [0.15, 0.2) is 5.69 Å². The van der Waals surface area contributed by atoms with E-state index in [4.69, 9.17) is 0 Å². The Hall–Kier alpha value is -1.29. The van der Waals surface area contributed by atoms with Crippen LogP contribution in [0.25, 0.3) is 0 Å². The van der Waals surface area contributed by atoms with Gasteiger partial charge in [0.25, 0.3) is 0 Å². The Morgan fingerprint density at radius 3 is 2.50 bits per heavy atom. The fraction of sp³-hybridized carbons (Fsp3) is 0.417. The summed E-state index contributed by atoms with van der Waals surface area (Å²) in [5.74, 6) is -2.19. The molecule has 0 fully saturated rings. The molecular weight excluding hydrogens is 389 g/mol. The Bertz CT molecular complexity index is 596. The average Bonchev–Trinajstić information content (AvgIpc) is 2.45. The Kier molecular flexibility index (Phi) is 6.24. The van der Waals surface area contributed by atoms with Gasteiger partial charge in [-0.2, -0.15) is 13.2 Å². The van der Waals surface area contributed by atoms with Crippen LogP contribution in [0.4, 0.5) is 18.9 Å². The largest absolute Gasteiger partial charge is 0.471 e. The van der Waals surface area contributed by atoms with Crippen LogP contribution in [0.3, 0.4) is 0 Å². The number of amides is 1. The van der Waals surface area contributed by atoms with Crippen molar-refractivity contribution >= 4 is 45.3 Å². The van der Waals surface area contributed by atoms with Gasteiger partial charge >= 0.3 is 18.1 Å². The zero-order valence-electron chi connectivity index (χ0n) is 11.8. The average molecular weight is 401 g/mol. The van der Waals surface area contributed by atoms with Crippen molar-refractivity contribution in [3.8, 4) is 0 Å². The number of halogens is 4. The van der Waals surface area contributed by atoms with Crippen molar-refractivity contribution in [1.29, 1.82) is 0 Å². The quantitative estimate of drug-likeness (QED) is 0.441. The minimum absolute atomic E-state index is 0.0298. The van der Waals surface area contributed by atoms with Gasteiger partial charge in [0.2, 0.25) is 0 Å². The highest BCUT2D eigenvalue weighted by atomic mass is 79.9. The molecule has 1 heterocycles. The summed E-state index contributed by atoms with van der Waals surface area (Å²) in [6, 6.07) is 1.29. The summed E-state index contributed by atoms with van der Waals surface area (Å²) in [6.07, 6.45) is -5.01. The van der Waals surface area contributed by atoms with E-state index in [-0.39, 0.29) is 16.0 Å². The van der Waals surface area contributed by atoms with E-state index in [1.165, 1.54) is 24.9 Å². The molecule has 1 amide bonds. The molecule has 5 nitrogen and oxygen atoms in total. The third-order valence-corrected chi connectivity index (χ3v) is 4.00. The molecule has 0 atom stereocenters. The van der Waals surface area contributed by atoms with Crippen LogP contribution in [0.5, 0.6) is 0 Å². The molecule has 1 aromatic rings. The lowest BCUT2D eigenvalue weighted by Crippen LogP contribution is -2.38. The predicted octanol–water partition coefficient (Wildman–Crippen LogP) is 3.27. The minimum atomic E-state index is -5.01. The molecule has 0 bridgehead atoms. The minimum Gasteiger partial charge on any atom is -0.464 e. The van der Waals surface area contributed by atoms with Gasteiger partial charge in [-0.15, -0.1) is 11.8 Å². The van der Waals surface area contributed by atoms with Crippen LogP contribution >= 0.6 is 27.7 Å². The number of thioether (sulfide) groups is 1. The van der Waals surface area contributed by atoms with E-state index in [1.54, 1.807) is 6.92 Å². The standard InChI is InChI=1S/C12H12BrF3N2O3S/c1-4-22-7-5-6(18(2)11(20)12(14,15)16)9(13)17-8(7)10(19)21-3/h5H,4H2,1-3H3. The monoisotopic (exact) mass is 400 g/mol. The summed E-state index contributed by atoms with van der Waals surface area (Å²) in [5, 5.41) is 0. The number of alkyl halides is 3. The van der Waals surface area contributed by atoms with Crippen LogP contribution in [-0.2, 0) is 9.53 Å². The molecule has 0 aliphatic rings. The van der Waals surface area contributed by atoms with Crippen LogP contribution < -0.4 is 4.90 Å². The van der Waals surface area contributed by atoms with Crippen LogP contribution in [0, 0.1) is 0 Å². The Morgan fingerprint density at radius 2 is 2.05 bits per heavy atom. The van der Waals surface area contributed by atoms with Gasteiger partial charge in [0.1, 0.15) is 4.60 Å². The molecule has 0 radical (unpaired) electrons. The van der Waals surface area contributed by atoms with E-state index in [2.05, 4.69) is 25.7 Å². The van der Waals surface area contributed by atoms with E-state index in [9.17, 15) is 22.8 Å². The first-order valence-corrected chi connectivity index (χ1v) is 7.67. The smallest absolute Gasteiger partial charge is 0.464 e. The van der Waals surface area contributed by atoms with Gasteiger partial charge in [0.05, 0.1) is 12.8 Å². The zero-order valence-corrected chi connectivity index (χ0v) is 14.2. The van der Waals surface area contributed by atoms with Crippen molar-refractivity contribution in [3.63, 3.8) is 0 Å². The van der Waals surface area contributed by atoms with Gasteiger partial charge in [-0.3, -0.25) is 4.79 Å². The highest BCUT2D eigenvalue weighted by molar-refractivity contribution is 9.10. The molecule has 122 valence electrons. The second kappa shape index (κ2) is 7.32. The van der Waals surface area contributed by atoms with Gasteiger partial charge in [-0.1, -0.05) is 6.92 Å². The van der Waals surface area contributed by atoms with Gasteiger partial charge in [-0.25, -0.2) is 9.78 Å². The van der Waals surface area contributed by atoms with Crippen molar-refractivity contribution < 1.29 is 27.5 Å². The number of aromatic nitrogens is 1. The first-order valence-electron chi connectivity index (χ1n) is 5.90. The molecule has 0 aromatic carbocycles. The lowest BCUT2D eigenvalue weighted by Gasteiger charge is -2.21. The van der Waals surface area contributed by atoms with Crippen molar-refractivity contribution in [3.05, 3.63) is 16.4 Å². The van der Waals surface area contributed by atoms with E-state index in [1.807, 2.05) is 0 Å². The molecule has 22 heavy (non-hydrogen) atoms. The van der Waals surface area contributed by atoms with Crippen LogP contribution in [0.1, 0.15) is 17.4 Å². The summed E-state index contributed by atoms with van der Waals surface area (Å²) in [4.78, 5) is 27.6. The van der Waals surface area contributed by atoms with Gasteiger partial charge in [0, 0.05) is 11.9 Å². The summed E-state index contributed by atoms with van der Waals surface area (Å²) in [6.45, 7) is 1.80. The highest BCUT2D eigenvalue weighted by Gasteiger charge is 2.42. The maximum atomic E-state index is 12.5. The number of methoxy groups -OCH3 is 1. The molecular formula is C12H12BrF3N2O3S. The molecule has 10 heteroatoms. The highest BCUT2D eigenvalue weighted by Crippen LogP contribution is 2.33. The van der Waals surface area contributed by atoms with Crippen molar-refractivity contribution in [2.24, 2.45) is 0 Å². The number of hydrogen-bond acceptors (Lipinski definition) is 5. The van der Waals surface area contributed by atoms with Gasteiger partial charge < -0.3 is 9.64 Å². The molecule has 0 spiro atoms. The molecule has 1 rings (SSSR count). The Morgan fingerprint density at radius 1 is 1.45 bits per heavy atom. The maximum Gasteiger partial charge on any atom is 0.471 e. The summed E-state index contributed by atoms with van der Waals surface area (Å²) < 4.78 is 42.1. The molecule has 0 unspecified atom stereocenters. The fourth-order valence-electron chi connectivity index (χ4n) is 1.51. The third-order valence-electron chi connectivity index (χ3n) is 2.51. The number of pyridine rings is 1. The summed E-state index contributed by atoms with van der Waals surface area (Å²) >= 11 is 4.18. The van der Waals surface area contributed by atoms with Crippen LogP contribution in [-0.4, -0.2) is 42.9 Å². The Labute approximate surface area is 137 Å². The normalized spacial score (nSPS) is 11.2. The van der Waals surface area contributed by atoms with E-state index in [0.29, 0.717) is 15.5 Å². The topological polar surface area (TPSA) is 59.5 Å². The summed E-state index contributed by atoms with van der Waals surface area (Å²) in [7, 11) is 2.15. The number of esters is 1. The molecule has 0 saturated heterocycles. The molecule has 0 aliphatic heterocycles. The van der Waals surface area contributed by atoms with Crippen LogP contribution in [0.15, 0.2) is 15.6 Å². The van der Waals surface area contributed by atoms with E-state index < -0.39 is 18.1 Å². The van der Waals surface area contributed by atoms with Gasteiger partial charge in [-0.05, 0) is 27.7 Å². The number of carbonyl (C=O) groups excluding carboxylic acids is 2. The number of carbonyl (C=O) groups is 2. The molecule has 0 saturated carbocycles.